The van der Waals surface area contributed by atoms with Crippen LogP contribution in [0.3, 0.4) is 0 Å². The third kappa shape index (κ3) is 3.14. The maximum Gasteiger partial charge on any atom is 0.276 e. The Labute approximate surface area is 105 Å². The van der Waals surface area contributed by atoms with Crippen LogP contribution in [0.25, 0.3) is 0 Å². The summed E-state index contributed by atoms with van der Waals surface area (Å²) < 4.78 is 23.6. The van der Waals surface area contributed by atoms with Crippen molar-refractivity contribution in [1.29, 1.82) is 0 Å². The van der Waals surface area contributed by atoms with Gasteiger partial charge in [0.15, 0.2) is 0 Å². The van der Waals surface area contributed by atoms with Gasteiger partial charge < -0.3 is 0 Å². The lowest BCUT2D eigenvalue weighted by Crippen LogP contribution is -2.18. The third-order valence-corrected chi connectivity index (χ3v) is 3.35. The average molecular weight is 261 g/mol. The van der Waals surface area contributed by atoms with Gasteiger partial charge in [-0.2, -0.15) is 13.5 Å². The fourth-order valence-corrected chi connectivity index (χ4v) is 2.08. The molecule has 0 bridgehead atoms. The highest BCUT2D eigenvalue weighted by atomic mass is 32.2. The zero-order chi connectivity index (χ0) is 12.8. The molecule has 1 N–H and O–H groups in total. The highest BCUT2D eigenvalue weighted by Gasteiger charge is 2.10. The molecule has 0 saturated heterocycles. The minimum absolute atomic E-state index is 0.170. The second-order valence-electron chi connectivity index (χ2n) is 3.42. The molecule has 18 heavy (non-hydrogen) atoms. The normalized spacial score (nSPS) is 11.6. The second kappa shape index (κ2) is 5.42. The first-order valence-corrected chi connectivity index (χ1v) is 6.68. The van der Waals surface area contributed by atoms with Crippen LogP contribution in [0.1, 0.15) is 5.69 Å². The van der Waals surface area contributed by atoms with Gasteiger partial charge in [-0.05, 0) is 24.3 Å². The number of sulfonamides is 1. The van der Waals surface area contributed by atoms with E-state index in [1.54, 1.807) is 42.6 Å². The lowest BCUT2D eigenvalue weighted by molar-refractivity contribution is 0.584. The maximum absolute atomic E-state index is 11.8. The molecule has 0 unspecified atom stereocenters. The molecule has 1 heterocycles. The van der Waals surface area contributed by atoms with Crippen LogP contribution >= 0.6 is 0 Å². The minimum atomic E-state index is -3.61. The molecular formula is C12H11N3O2S. The topological polar surface area (TPSA) is 71.4 Å². The highest BCUT2D eigenvalue weighted by Crippen LogP contribution is 2.06. The number of benzene rings is 1. The van der Waals surface area contributed by atoms with Crippen LogP contribution in [0, 0.1) is 0 Å². The first-order valence-electron chi connectivity index (χ1n) is 5.19. The lowest BCUT2D eigenvalue weighted by Gasteiger charge is -2.01. The van der Waals surface area contributed by atoms with Gasteiger partial charge in [-0.1, -0.05) is 24.3 Å². The molecule has 0 aliphatic rings. The largest absolute Gasteiger partial charge is 0.276 e. The Bertz CT molecular complexity index is 625. The first-order chi connectivity index (χ1) is 8.68. The molecule has 0 amide bonds. The number of hydrogen-bond acceptors (Lipinski definition) is 4. The van der Waals surface area contributed by atoms with E-state index in [0.717, 1.165) is 0 Å². The number of hydrogen-bond donors (Lipinski definition) is 1. The molecule has 0 atom stereocenters. The molecule has 0 aliphatic carbocycles. The van der Waals surface area contributed by atoms with Crippen molar-refractivity contribution in [3.05, 3.63) is 60.4 Å². The summed E-state index contributed by atoms with van der Waals surface area (Å²) in [4.78, 5) is 6.28. The Hall–Kier alpha value is -2.21. The molecule has 0 saturated carbocycles. The van der Waals surface area contributed by atoms with Gasteiger partial charge in [0.2, 0.25) is 0 Å². The fourth-order valence-electron chi connectivity index (χ4n) is 1.27. The lowest BCUT2D eigenvalue weighted by atomic mass is 10.4. The number of nitrogens with one attached hydrogen (secondary N) is 1. The van der Waals surface area contributed by atoms with E-state index in [1.165, 1.54) is 18.3 Å². The van der Waals surface area contributed by atoms with E-state index in [1.807, 2.05) is 0 Å². The van der Waals surface area contributed by atoms with E-state index in [9.17, 15) is 8.42 Å². The number of pyridine rings is 1. The van der Waals surface area contributed by atoms with Crippen molar-refractivity contribution in [1.82, 2.24) is 9.82 Å². The van der Waals surface area contributed by atoms with Crippen LogP contribution in [0.4, 0.5) is 0 Å². The van der Waals surface area contributed by atoms with Crippen molar-refractivity contribution in [2.45, 2.75) is 4.90 Å². The molecule has 0 radical (unpaired) electrons. The Kier molecular flexibility index (Phi) is 3.69. The molecule has 6 heteroatoms. The van der Waals surface area contributed by atoms with Gasteiger partial charge >= 0.3 is 0 Å². The van der Waals surface area contributed by atoms with Gasteiger partial charge in [0, 0.05) is 6.20 Å². The van der Waals surface area contributed by atoms with E-state index >= 15 is 0 Å². The molecule has 1 aromatic heterocycles. The average Bonchev–Trinajstić information content (AvgIpc) is 2.41. The Balaban J connectivity index is 2.09. The smallest absolute Gasteiger partial charge is 0.255 e. The summed E-state index contributed by atoms with van der Waals surface area (Å²) in [5, 5.41) is 3.66. The molecular weight excluding hydrogens is 250 g/mol. The summed E-state index contributed by atoms with van der Waals surface area (Å²) in [6.45, 7) is 0. The quantitative estimate of drug-likeness (QED) is 0.668. The van der Waals surface area contributed by atoms with Crippen molar-refractivity contribution in [3.63, 3.8) is 0 Å². The molecule has 0 spiro atoms. The number of rotatable bonds is 4. The van der Waals surface area contributed by atoms with Crippen LogP contribution in [0.5, 0.6) is 0 Å². The number of aromatic nitrogens is 1. The summed E-state index contributed by atoms with van der Waals surface area (Å²) in [6.07, 6.45) is 2.95. The predicted octanol–water partition coefficient (Wildman–Crippen LogP) is 1.39. The van der Waals surface area contributed by atoms with E-state index in [0.29, 0.717) is 5.69 Å². The predicted molar refractivity (Wildman–Crippen MR) is 68.6 cm³/mol. The number of hydrazone groups is 1. The Morgan fingerprint density at radius 2 is 1.78 bits per heavy atom. The second-order valence-corrected chi connectivity index (χ2v) is 5.08. The van der Waals surface area contributed by atoms with Gasteiger partial charge in [-0.15, -0.1) is 0 Å². The zero-order valence-corrected chi connectivity index (χ0v) is 10.2. The summed E-state index contributed by atoms with van der Waals surface area (Å²) >= 11 is 0. The van der Waals surface area contributed by atoms with Crippen molar-refractivity contribution in [3.8, 4) is 0 Å². The van der Waals surface area contributed by atoms with E-state index < -0.39 is 10.0 Å². The van der Waals surface area contributed by atoms with Crippen LogP contribution in [-0.2, 0) is 10.0 Å². The SMILES string of the molecule is O=S(=O)(NN=Cc1ccccn1)c1ccccc1. The molecule has 0 aliphatic heterocycles. The molecule has 5 nitrogen and oxygen atoms in total. The Morgan fingerprint density at radius 3 is 2.44 bits per heavy atom. The van der Waals surface area contributed by atoms with Crippen LogP contribution in [-0.4, -0.2) is 19.6 Å². The maximum atomic E-state index is 11.8. The van der Waals surface area contributed by atoms with Crippen LogP contribution in [0.2, 0.25) is 0 Å². The van der Waals surface area contributed by atoms with Gasteiger partial charge in [0.1, 0.15) is 0 Å². The monoisotopic (exact) mass is 261 g/mol. The van der Waals surface area contributed by atoms with E-state index in [-0.39, 0.29) is 4.90 Å². The van der Waals surface area contributed by atoms with Crippen molar-refractivity contribution in [2.75, 3.05) is 0 Å². The highest BCUT2D eigenvalue weighted by molar-refractivity contribution is 7.89. The summed E-state index contributed by atoms with van der Waals surface area (Å²) in [6, 6.07) is 13.3. The summed E-state index contributed by atoms with van der Waals surface area (Å²) in [7, 11) is -3.61. The van der Waals surface area contributed by atoms with Crippen molar-refractivity contribution >= 4 is 16.2 Å². The van der Waals surface area contributed by atoms with Gasteiger partial charge in [0.05, 0.1) is 16.8 Å². The summed E-state index contributed by atoms with van der Waals surface area (Å²) in [5.41, 5.74) is 0.577. The first kappa shape index (κ1) is 12.3. The Morgan fingerprint density at radius 1 is 1.06 bits per heavy atom. The van der Waals surface area contributed by atoms with Crippen molar-refractivity contribution in [2.24, 2.45) is 5.10 Å². The van der Waals surface area contributed by atoms with E-state index in [4.69, 9.17) is 0 Å². The van der Waals surface area contributed by atoms with Crippen molar-refractivity contribution < 1.29 is 8.42 Å². The molecule has 2 aromatic rings. The summed E-state index contributed by atoms with van der Waals surface area (Å²) in [5.74, 6) is 0. The van der Waals surface area contributed by atoms with Crippen LogP contribution in [0.15, 0.2) is 64.7 Å². The minimum Gasteiger partial charge on any atom is -0.255 e. The van der Waals surface area contributed by atoms with Gasteiger partial charge in [-0.3, -0.25) is 4.98 Å². The van der Waals surface area contributed by atoms with Gasteiger partial charge in [-0.25, -0.2) is 4.83 Å². The number of nitrogens with zero attached hydrogens (tertiary/aromatic N) is 2. The van der Waals surface area contributed by atoms with E-state index in [2.05, 4.69) is 14.9 Å². The molecule has 92 valence electrons. The molecule has 1 aromatic carbocycles. The standard InChI is InChI=1S/C12H11N3O2S/c16-18(17,12-7-2-1-3-8-12)15-14-10-11-6-4-5-9-13-11/h1-10,15H. The van der Waals surface area contributed by atoms with Crippen LogP contribution < -0.4 is 4.83 Å². The molecule has 0 fully saturated rings. The zero-order valence-electron chi connectivity index (χ0n) is 9.39. The fraction of sp³-hybridized carbons (Fsp3) is 0. The van der Waals surface area contributed by atoms with Gasteiger partial charge in [0.25, 0.3) is 10.0 Å². The third-order valence-electron chi connectivity index (χ3n) is 2.11. The molecule has 2 rings (SSSR count).